The van der Waals surface area contributed by atoms with Gasteiger partial charge in [-0.15, -0.1) is 0 Å². The maximum Gasteiger partial charge on any atom is 0.396 e. The fourth-order valence-corrected chi connectivity index (χ4v) is 1.74. The summed E-state index contributed by atoms with van der Waals surface area (Å²) in [6.45, 7) is 0. The Morgan fingerprint density at radius 3 is 3.00 bits per heavy atom. The molecule has 4 nitrogen and oxygen atoms in total. The Morgan fingerprint density at radius 1 is 1.54 bits per heavy atom. The van der Waals surface area contributed by atoms with Crippen LogP contribution < -0.4 is 9.68 Å². The predicted molar refractivity (Wildman–Crippen MR) is 48.6 cm³/mol. The summed E-state index contributed by atoms with van der Waals surface area (Å²) >= 11 is 0.948. The number of rotatable bonds is 1. The fourth-order valence-electron chi connectivity index (χ4n) is 1.05. The maximum atomic E-state index is 10.8. The van der Waals surface area contributed by atoms with Gasteiger partial charge >= 0.3 is 4.94 Å². The van der Waals surface area contributed by atoms with E-state index in [0.717, 1.165) is 11.3 Å². The van der Waals surface area contributed by atoms with Crippen LogP contribution in [0.3, 0.4) is 0 Å². The van der Waals surface area contributed by atoms with E-state index in [1.807, 2.05) is 0 Å². The van der Waals surface area contributed by atoms with Gasteiger partial charge in [0.1, 0.15) is 0 Å². The lowest BCUT2D eigenvalue weighted by molar-refractivity contribution is 0.373. The van der Waals surface area contributed by atoms with E-state index in [1.54, 1.807) is 0 Å². The zero-order valence-corrected chi connectivity index (χ0v) is 7.55. The van der Waals surface area contributed by atoms with Crippen LogP contribution in [0.15, 0.2) is 21.3 Å². The number of hydrogen-bond acceptors (Lipinski definition) is 5. The van der Waals surface area contributed by atoms with Crippen molar-refractivity contribution in [3.8, 4) is 11.5 Å². The highest BCUT2D eigenvalue weighted by Gasteiger charge is 2.08. The molecule has 0 aliphatic rings. The van der Waals surface area contributed by atoms with E-state index in [1.165, 1.54) is 19.2 Å². The largest absolute Gasteiger partial charge is 0.504 e. The van der Waals surface area contributed by atoms with Gasteiger partial charge in [-0.2, -0.15) is 0 Å². The molecule has 0 saturated heterocycles. The summed E-state index contributed by atoms with van der Waals surface area (Å²) in [4.78, 5) is 10.4. The second-order valence-corrected chi connectivity index (χ2v) is 3.40. The van der Waals surface area contributed by atoms with Crippen molar-refractivity contribution in [3.05, 3.63) is 21.9 Å². The Labute approximate surface area is 77.0 Å². The Morgan fingerprint density at radius 2 is 2.31 bits per heavy atom. The van der Waals surface area contributed by atoms with E-state index in [2.05, 4.69) is 0 Å². The van der Waals surface area contributed by atoms with Crippen LogP contribution in [0.2, 0.25) is 0 Å². The third-order valence-corrected chi connectivity index (χ3v) is 2.42. The molecule has 5 heteroatoms. The second-order valence-electron chi connectivity index (χ2n) is 2.42. The average molecular weight is 198 g/mol. The lowest BCUT2D eigenvalue weighted by Crippen LogP contribution is -1.82. The summed E-state index contributed by atoms with van der Waals surface area (Å²) in [6, 6.07) is 2.94. The van der Waals surface area contributed by atoms with Gasteiger partial charge in [0.25, 0.3) is 0 Å². The molecule has 0 amide bonds. The van der Waals surface area contributed by atoms with Gasteiger partial charge in [0.15, 0.2) is 17.1 Å². The summed E-state index contributed by atoms with van der Waals surface area (Å²) in [5, 5.41) is 9.36. The van der Waals surface area contributed by atoms with E-state index >= 15 is 0 Å². The molecular formula is C8H6O4S. The summed E-state index contributed by atoms with van der Waals surface area (Å²) in [7, 11) is 1.44. The second kappa shape index (κ2) is 2.77. The highest BCUT2D eigenvalue weighted by molar-refractivity contribution is 7.16. The molecule has 13 heavy (non-hydrogen) atoms. The number of phenolic OH excluding ortho intramolecular Hbond substituents is 1. The van der Waals surface area contributed by atoms with E-state index in [0.29, 0.717) is 16.0 Å². The molecule has 0 radical (unpaired) electrons. The molecule has 2 aromatic rings. The van der Waals surface area contributed by atoms with Gasteiger partial charge < -0.3 is 14.3 Å². The van der Waals surface area contributed by atoms with Crippen LogP contribution in [0.4, 0.5) is 0 Å². The number of ether oxygens (including phenoxy) is 1. The maximum absolute atomic E-state index is 10.8. The molecule has 1 N–H and O–H groups in total. The zero-order valence-electron chi connectivity index (χ0n) is 6.73. The SMILES string of the molecule is COc1cc2oc(=O)sc2cc1O. The van der Waals surface area contributed by atoms with E-state index < -0.39 is 0 Å². The molecule has 0 aliphatic heterocycles. The number of hydrogen-bond donors (Lipinski definition) is 1. The van der Waals surface area contributed by atoms with Crippen molar-refractivity contribution in [1.82, 2.24) is 0 Å². The number of aromatic hydroxyl groups is 1. The quantitative estimate of drug-likeness (QED) is 0.755. The molecule has 0 saturated carbocycles. The molecule has 1 heterocycles. The molecule has 0 aliphatic carbocycles. The fraction of sp³-hybridized carbons (Fsp3) is 0.125. The van der Waals surface area contributed by atoms with Crippen LogP contribution in [0, 0.1) is 0 Å². The minimum absolute atomic E-state index is 0.00653. The van der Waals surface area contributed by atoms with Gasteiger partial charge in [-0.1, -0.05) is 11.3 Å². The highest BCUT2D eigenvalue weighted by atomic mass is 32.1. The van der Waals surface area contributed by atoms with Crippen LogP contribution >= 0.6 is 11.3 Å². The van der Waals surface area contributed by atoms with Crippen molar-refractivity contribution in [2.75, 3.05) is 7.11 Å². The monoisotopic (exact) mass is 198 g/mol. The van der Waals surface area contributed by atoms with Crippen molar-refractivity contribution in [2.24, 2.45) is 0 Å². The minimum atomic E-state index is -0.386. The minimum Gasteiger partial charge on any atom is -0.504 e. The smallest absolute Gasteiger partial charge is 0.396 e. The van der Waals surface area contributed by atoms with Gasteiger partial charge in [0.2, 0.25) is 0 Å². The molecule has 0 atom stereocenters. The van der Waals surface area contributed by atoms with E-state index in [9.17, 15) is 9.90 Å². The molecule has 1 aromatic carbocycles. The van der Waals surface area contributed by atoms with Crippen molar-refractivity contribution in [2.45, 2.75) is 0 Å². The number of methoxy groups -OCH3 is 1. The lowest BCUT2D eigenvalue weighted by atomic mass is 10.3. The molecule has 1 aromatic heterocycles. The third-order valence-electron chi connectivity index (χ3n) is 1.63. The standard InChI is InChI=1S/C8H6O4S/c1-11-5-3-6-7(2-4(5)9)13-8(10)12-6/h2-3,9H,1H3. The van der Waals surface area contributed by atoms with E-state index in [4.69, 9.17) is 9.15 Å². The van der Waals surface area contributed by atoms with Crippen molar-refractivity contribution < 1.29 is 14.3 Å². The number of fused-ring (bicyclic) bond motifs is 1. The van der Waals surface area contributed by atoms with Gasteiger partial charge in [-0.3, -0.25) is 0 Å². The first-order valence-electron chi connectivity index (χ1n) is 3.51. The molecule has 2 rings (SSSR count). The summed E-state index contributed by atoms with van der Waals surface area (Å²) in [5.74, 6) is 0.307. The molecule has 0 fully saturated rings. The Hall–Kier alpha value is -1.49. The Kier molecular flexibility index (Phi) is 1.73. The summed E-state index contributed by atoms with van der Waals surface area (Å²) < 4.78 is 10.3. The zero-order chi connectivity index (χ0) is 9.42. The van der Waals surface area contributed by atoms with Crippen LogP contribution in [-0.2, 0) is 0 Å². The van der Waals surface area contributed by atoms with Crippen molar-refractivity contribution in [3.63, 3.8) is 0 Å². The van der Waals surface area contributed by atoms with Gasteiger partial charge in [-0.25, -0.2) is 4.79 Å². The average Bonchev–Trinajstić information content (AvgIpc) is 2.42. The first-order valence-corrected chi connectivity index (χ1v) is 4.33. The molecule has 0 spiro atoms. The molecular weight excluding hydrogens is 192 g/mol. The van der Waals surface area contributed by atoms with Crippen LogP contribution in [0.5, 0.6) is 11.5 Å². The summed E-state index contributed by atoms with van der Waals surface area (Å²) in [5.41, 5.74) is 0.435. The van der Waals surface area contributed by atoms with Crippen LogP contribution in [0.25, 0.3) is 10.3 Å². The van der Waals surface area contributed by atoms with Crippen LogP contribution in [-0.4, -0.2) is 12.2 Å². The molecule has 0 unspecified atom stereocenters. The molecule has 0 bridgehead atoms. The Bertz CT molecular complexity index is 496. The van der Waals surface area contributed by atoms with Gasteiger partial charge in [-0.05, 0) is 0 Å². The lowest BCUT2D eigenvalue weighted by Gasteiger charge is -2.00. The molecule has 68 valence electrons. The first-order chi connectivity index (χ1) is 6.20. The highest BCUT2D eigenvalue weighted by Crippen LogP contribution is 2.31. The topological polar surface area (TPSA) is 59.7 Å². The van der Waals surface area contributed by atoms with Gasteiger partial charge in [0, 0.05) is 12.1 Å². The van der Waals surface area contributed by atoms with Crippen molar-refractivity contribution in [1.29, 1.82) is 0 Å². The van der Waals surface area contributed by atoms with Crippen LogP contribution in [0.1, 0.15) is 0 Å². The van der Waals surface area contributed by atoms with Gasteiger partial charge in [0.05, 0.1) is 11.8 Å². The normalized spacial score (nSPS) is 10.5. The predicted octanol–water partition coefficient (Wildman–Crippen LogP) is 1.57. The third kappa shape index (κ3) is 1.27. The number of phenols is 1. The number of benzene rings is 1. The Balaban J connectivity index is 2.80. The van der Waals surface area contributed by atoms with Crippen molar-refractivity contribution >= 4 is 21.6 Å². The summed E-state index contributed by atoms with van der Waals surface area (Å²) in [6.07, 6.45) is 0. The van der Waals surface area contributed by atoms with E-state index in [-0.39, 0.29) is 10.7 Å². The first kappa shape index (κ1) is 8.12.